The van der Waals surface area contributed by atoms with Crippen molar-refractivity contribution in [3.05, 3.63) is 0 Å². The van der Waals surface area contributed by atoms with Crippen molar-refractivity contribution in [2.75, 3.05) is 21.2 Å². The van der Waals surface area contributed by atoms with Crippen LogP contribution in [0.1, 0.15) is 0 Å². The van der Waals surface area contributed by atoms with Crippen molar-refractivity contribution in [3.8, 4) is 0 Å². The minimum Gasteiger partial charge on any atom is -0.397 e. The van der Waals surface area contributed by atoms with Gasteiger partial charge in [0.15, 0.2) is 0 Å². The molecule has 0 aromatic heterocycles. The average Bonchev–Trinajstić information content (AvgIpc) is 1.87. The molecule has 0 spiro atoms. The summed E-state index contributed by atoms with van der Waals surface area (Å²) in [5.74, 6) is -0.505. The molecule has 0 unspecified atom stereocenters. The van der Waals surface area contributed by atoms with E-state index < -0.39 is 0 Å². The summed E-state index contributed by atoms with van der Waals surface area (Å²) in [6, 6.07) is 0. The van der Waals surface area contributed by atoms with Crippen LogP contribution in [-0.4, -0.2) is 37.8 Å². The number of amides is 1. The maximum atomic E-state index is 10.8. The molecule has 0 aliphatic rings. The Morgan fingerprint density at radius 1 is 1.60 bits per heavy atom. The van der Waals surface area contributed by atoms with Gasteiger partial charge in [-0.25, -0.2) is 0 Å². The summed E-state index contributed by atoms with van der Waals surface area (Å²) in [5, 5.41) is 3.25. The maximum absolute atomic E-state index is 10.8. The van der Waals surface area contributed by atoms with Gasteiger partial charge in [0, 0.05) is 14.1 Å². The molecule has 0 radical (unpaired) electrons. The number of carbonyl (C=O) groups excluding carboxylic acids is 1. The number of carbonyl (C=O) groups is 1. The Bertz CT molecular complexity index is 153. The zero-order valence-corrected chi connectivity index (χ0v) is 6.29. The van der Waals surface area contributed by atoms with E-state index in [4.69, 9.17) is 5.73 Å². The van der Waals surface area contributed by atoms with E-state index in [0.29, 0.717) is 0 Å². The van der Waals surface area contributed by atoms with Gasteiger partial charge < -0.3 is 15.5 Å². The van der Waals surface area contributed by atoms with Crippen LogP contribution in [0.25, 0.3) is 0 Å². The number of oxime groups is 1. The highest BCUT2D eigenvalue weighted by atomic mass is 16.6. The monoisotopic (exact) mass is 145 g/mol. The number of amidine groups is 1. The van der Waals surface area contributed by atoms with Gasteiger partial charge in [0.2, 0.25) is 5.84 Å². The van der Waals surface area contributed by atoms with E-state index >= 15 is 0 Å². The van der Waals surface area contributed by atoms with Crippen LogP contribution in [0.15, 0.2) is 5.16 Å². The highest BCUT2D eigenvalue weighted by Gasteiger charge is 2.08. The summed E-state index contributed by atoms with van der Waals surface area (Å²) < 4.78 is 0. The molecule has 0 heterocycles. The first-order valence-corrected chi connectivity index (χ1v) is 2.68. The van der Waals surface area contributed by atoms with Gasteiger partial charge in [-0.2, -0.15) is 0 Å². The van der Waals surface area contributed by atoms with Gasteiger partial charge in [0.25, 0.3) is 5.91 Å². The molecule has 0 fully saturated rings. The van der Waals surface area contributed by atoms with Crippen molar-refractivity contribution in [3.63, 3.8) is 0 Å². The third kappa shape index (κ3) is 2.34. The molecule has 0 saturated heterocycles. The quantitative estimate of drug-likeness (QED) is 0.292. The lowest BCUT2D eigenvalue weighted by molar-refractivity contribution is -0.122. The van der Waals surface area contributed by atoms with Gasteiger partial charge in [0.05, 0.1) is 0 Å². The molecular weight excluding hydrogens is 134 g/mol. The summed E-state index contributed by atoms with van der Waals surface area (Å²) in [6.45, 7) is 0. The molecular formula is C5H11N3O2. The molecule has 1 amide bonds. The zero-order chi connectivity index (χ0) is 8.15. The second-order valence-electron chi connectivity index (χ2n) is 1.86. The summed E-state index contributed by atoms with van der Waals surface area (Å²) in [4.78, 5) is 16.4. The van der Waals surface area contributed by atoms with Crippen molar-refractivity contribution >= 4 is 11.7 Å². The van der Waals surface area contributed by atoms with Gasteiger partial charge in [-0.3, -0.25) is 4.79 Å². The standard InChI is InChI=1S/C5H11N3O2/c1-8(2)5(9)4(6)7-10-3/h1-3H3,(H2,6,7). The third-order valence-electron chi connectivity index (χ3n) is 0.815. The van der Waals surface area contributed by atoms with E-state index in [-0.39, 0.29) is 11.7 Å². The van der Waals surface area contributed by atoms with Gasteiger partial charge in [-0.1, -0.05) is 5.16 Å². The first-order valence-electron chi connectivity index (χ1n) is 2.68. The van der Waals surface area contributed by atoms with E-state index in [2.05, 4.69) is 9.99 Å². The Balaban J connectivity index is 4.08. The van der Waals surface area contributed by atoms with Crippen LogP contribution < -0.4 is 5.73 Å². The molecule has 10 heavy (non-hydrogen) atoms. The minimum absolute atomic E-state index is 0.146. The number of likely N-dealkylation sites (N-methyl/N-ethyl adjacent to an activating group) is 1. The fraction of sp³-hybridized carbons (Fsp3) is 0.600. The number of hydrogen-bond donors (Lipinski definition) is 1. The predicted octanol–water partition coefficient (Wildman–Crippen LogP) is -1.01. The van der Waals surface area contributed by atoms with Crippen LogP contribution >= 0.6 is 0 Å². The van der Waals surface area contributed by atoms with Crippen molar-refractivity contribution in [1.29, 1.82) is 0 Å². The molecule has 0 aliphatic carbocycles. The van der Waals surface area contributed by atoms with Crippen LogP contribution in [-0.2, 0) is 9.63 Å². The molecule has 5 heteroatoms. The van der Waals surface area contributed by atoms with Crippen molar-refractivity contribution in [2.24, 2.45) is 10.9 Å². The molecule has 5 nitrogen and oxygen atoms in total. The summed E-state index contributed by atoms with van der Waals surface area (Å²) >= 11 is 0. The first kappa shape index (κ1) is 8.74. The largest absolute Gasteiger partial charge is 0.397 e. The second-order valence-corrected chi connectivity index (χ2v) is 1.86. The zero-order valence-electron chi connectivity index (χ0n) is 6.29. The number of nitrogens with zero attached hydrogens (tertiary/aromatic N) is 2. The number of rotatable bonds is 1. The lowest BCUT2D eigenvalue weighted by Crippen LogP contribution is -2.35. The lowest BCUT2D eigenvalue weighted by Gasteiger charge is -2.07. The highest BCUT2D eigenvalue weighted by Crippen LogP contribution is 1.79. The van der Waals surface area contributed by atoms with Gasteiger partial charge in [-0.05, 0) is 0 Å². The Morgan fingerprint density at radius 3 is 2.40 bits per heavy atom. The van der Waals surface area contributed by atoms with E-state index in [1.54, 1.807) is 14.1 Å². The van der Waals surface area contributed by atoms with Crippen molar-refractivity contribution < 1.29 is 9.63 Å². The molecule has 0 rings (SSSR count). The summed E-state index contributed by atoms with van der Waals surface area (Å²) in [7, 11) is 4.50. The number of nitrogens with two attached hydrogens (primary N) is 1. The fourth-order valence-electron chi connectivity index (χ4n) is 0.366. The lowest BCUT2D eigenvalue weighted by atomic mass is 10.5. The van der Waals surface area contributed by atoms with Crippen LogP contribution in [0.2, 0.25) is 0 Å². The Kier molecular flexibility index (Phi) is 3.24. The first-order chi connectivity index (χ1) is 4.59. The fourth-order valence-corrected chi connectivity index (χ4v) is 0.366. The van der Waals surface area contributed by atoms with E-state index in [9.17, 15) is 4.79 Å². The predicted molar refractivity (Wildman–Crippen MR) is 37.3 cm³/mol. The third-order valence-corrected chi connectivity index (χ3v) is 0.815. The number of hydrogen-bond acceptors (Lipinski definition) is 3. The molecule has 0 aromatic rings. The van der Waals surface area contributed by atoms with E-state index in [1.807, 2.05) is 0 Å². The van der Waals surface area contributed by atoms with Crippen LogP contribution in [0.3, 0.4) is 0 Å². The maximum Gasteiger partial charge on any atom is 0.292 e. The average molecular weight is 145 g/mol. The summed E-state index contributed by atoms with van der Waals surface area (Å²) in [6.07, 6.45) is 0. The topological polar surface area (TPSA) is 67.9 Å². The Morgan fingerprint density at radius 2 is 2.10 bits per heavy atom. The Hall–Kier alpha value is -1.26. The molecule has 58 valence electrons. The van der Waals surface area contributed by atoms with Crippen molar-refractivity contribution in [2.45, 2.75) is 0 Å². The van der Waals surface area contributed by atoms with Gasteiger partial charge in [0.1, 0.15) is 7.11 Å². The molecule has 2 N–H and O–H groups in total. The molecule has 0 aromatic carbocycles. The van der Waals surface area contributed by atoms with Crippen LogP contribution in [0.4, 0.5) is 0 Å². The molecule has 0 bridgehead atoms. The van der Waals surface area contributed by atoms with Crippen molar-refractivity contribution in [1.82, 2.24) is 4.90 Å². The van der Waals surface area contributed by atoms with E-state index in [0.717, 1.165) is 0 Å². The second kappa shape index (κ2) is 3.71. The van der Waals surface area contributed by atoms with Gasteiger partial charge in [-0.15, -0.1) is 0 Å². The summed E-state index contributed by atoms with van der Waals surface area (Å²) in [5.41, 5.74) is 5.16. The van der Waals surface area contributed by atoms with Crippen LogP contribution in [0, 0.1) is 0 Å². The minimum atomic E-state index is -0.359. The van der Waals surface area contributed by atoms with Gasteiger partial charge >= 0.3 is 0 Å². The van der Waals surface area contributed by atoms with E-state index in [1.165, 1.54) is 12.0 Å². The molecule has 0 atom stereocenters. The van der Waals surface area contributed by atoms with Crippen LogP contribution in [0.5, 0.6) is 0 Å². The normalized spacial score (nSPS) is 10.9. The molecule has 0 aliphatic heterocycles. The molecule has 0 saturated carbocycles. The highest BCUT2D eigenvalue weighted by molar-refractivity contribution is 6.36. The smallest absolute Gasteiger partial charge is 0.292 e. The SMILES string of the molecule is CON=C(N)C(=O)N(C)C. The Labute approximate surface area is 59.4 Å².